The molecule has 3 N–H and O–H groups in total. The summed E-state index contributed by atoms with van der Waals surface area (Å²) in [5.74, 6) is 0.633. The number of rotatable bonds is 3. The molecule has 1 saturated carbocycles. The predicted octanol–water partition coefficient (Wildman–Crippen LogP) is 3.34. The van der Waals surface area contributed by atoms with Gasteiger partial charge in [-0.25, -0.2) is 13.6 Å². The Morgan fingerprint density at radius 2 is 1.77 bits per heavy atom. The van der Waals surface area contributed by atoms with E-state index in [1.807, 2.05) is 0 Å². The maximum Gasteiger partial charge on any atom is 0.417 e. The molecule has 1 aliphatic carbocycles. The maximum atomic E-state index is 13.0. The summed E-state index contributed by atoms with van der Waals surface area (Å²) < 4.78 is 61.7. The van der Waals surface area contributed by atoms with Crippen LogP contribution in [0.15, 0.2) is 23.1 Å². The first-order chi connectivity index (χ1) is 10.1. The number of nitrogens with one attached hydrogen (secondary N) is 1. The number of alkyl halides is 3. The molecule has 2 rings (SSSR count). The predicted molar refractivity (Wildman–Crippen MR) is 77.9 cm³/mol. The van der Waals surface area contributed by atoms with Gasteiger partial charge in [0.05, 0.1) is 10.5 Å². The van der Waals surface area contributed by atoms with Crippen LogP contribution in [0, 0.1) is 5.92 Å². The minimum absolute atomic E-state index is 0.109. The average molecular weight is 336 g/mol. The Morgan fingerprint density at radius 3 is 2.27 bits per heavy atom. The van der Waals surface area contributed by atoms with Crippen LogP contribution in [0.5, 0.6) is 0 Å². The number of hydrogen-bond acceptors (Lipinski definition) is 3. The molecule has 0 aromatic heterocycles. The fourth-order valence-corrected chi connectivity index (χ4v) is 3.47. The Labute approximate surface area is 127 Å². The van der Waals surface area contributed by atoms with E-state index in [1.165, 1.54) is 6.07 Å². The number of nitrogens with two attached hydrogens (primary N) is 1. The molecule has 0 spiro atoms. The molecule has 0 heterocycles. The molecule has 0 radical (unpaired) electrons. The van der Waals surface area contributed by atoms with Gasteiger partial charge in [0.1, 0.15) is 0 Å². The molecule has 8 heteroatoms. The number of halogens is 3. The molecule has 0 saturated heterocycles. The van der Waals surface area contributed by atoms with Crippen molar-refractivity contribution in [3.8, 4) is 0 Å². The van der Waals surface area contributed by atoms with Gasteiger partial charge in [-0.2, -0.15) is 13.2 Å². The van der Waals surface area contributed by atoms with Crippen LogP contribution in [0.4, 0.5) is 18.9 Å². The van der Waals surface area contributed by atoms with Gasteiger partial charge in [-0.05, 0) is 49.8 Å². The van der Waals surface area contributed by atoms with Crippen LogP contribution in [-0.4, -0.2) is 14.5 Å². The minimum atomic E-state index is -4.78. The highest BCUT2D eigenvalue weighted by atomic mass is 32.2. The van der Waals surface area contributed by atoms with Gasteiger partial charge in [-0.1, -0.05) is 6.92 Å². The van der Waals surface area contributed by atoms with E-state index in [0.717, 1.165) is 37.8 Å². The van der Waals surface area contributed by atoms with Crippen molar-refractivity contribution in [1.82, 2.24) is 0 Å². The zero-order valence-corrected chi connectivity index (χ0v) is 13.0. The smallest absolute Gasteiger partial charge is 0.382 e. The Balaban J connectivity index is 2.28. The Kier molecular flexibility index (Phi) is 4.72. The van der Waals surface area contributed by atoms with Crippen LogP contribution in [0.3, 0.4) is 0 Å². The third kappa shape index (κ3) is 4.13. The normalized spacial score (nSPS) is 23.3. The molecule has 0 aliphatic heterocycles. The molecule has 124 valence electrons. The fourth-order valence-electron chi connectivity index (χ4n) is 2.73. The van der Waals surface area contributed by atoms with Gasteiger partial charge >= 0.3 is 6.18 Å². The fraction of sp³-hybridized carbons (Fsp3) is 0.571. The first kappa shape index (κ1) is 17.1. The van der Waals surface area contributed by atoms with E-state index in [1.54, 1.807) is 0 Å². The molecule has 0 amide bonds. The summed E-state index contributed by atoms with van der Waals surface area (Å²) in [4.78, 5) is -0.900. The van der Waals surface area contributed by atoms with Gasteiger partial charge in [0.25, 0.3) is 0 Å². The second-order valence-corrected chi connectivity index (χ2v) is 7.38. The van der Waals surface area contributed by atoms with Crippen LogP contribution in [0.1, 0.15) is 38.2 Å². The van der Waals surface area contributed by atoms with E-state index in [4.69, 9.17) is 5.14 Å². The number of hydrogen-bond donors (Lipinski definition) is 2. The number of benzene rings is 1. The highest BCUT2D eigenvalue weighted by molar-refractivity contribution is 7.89. The van der Waals surface area contributed by atoms with Crippen molar-refractivity contribution in [2.24, 2.45) is 11.1 Å². The van der Waals surface area contributed by atoms with Crippen molar-refractivity contribution in [2.75, 3.05) is 5.32 Å². The highest BCUT2D eigenvalue weighted by Crippen LogP contribution is 2.36. The van der Waals surface area contributed by atoms with Gasteiger partial charge in [0.2, 0.25) is 10.0 Å². The summed E-state index contributed by atoms with van der Waals surface area (Å²) in [6.07, 6.45) is -0.947. The number of anilines is 1. The molecule has 1 aromatic carbocycles. The molecule has 1 aromatic rings. The lowest BCUT2D eigenvalue weighted by Crippen LogP contribution is -2.25. The van der Waals surface area contributed by atoms with E-state index in [-0.39, 0.29) is 11.7 Å². The summed E-state index contributed by atoms with van der Waals surface area (Å²) in [5, 5.41) is 7.91. The molecule has 0 bridgehead atoms. The Hall–Kier alpha value is -1.28. The summed E-state index contributed by atoms with van der Waals surface area (Å²) in [7, 11) is -4.42. The second kappa shape index (κ2) is 6.08. The summed E-state index contributed by atoms with van der Waals surface area (Å²) in [5.41, 5.74) is -0.969. The largest absolute Gasteiger partial charge is 0.417 e. The molecular formula is C14H19F3N2O2S. The average Bonchev–Trinajstić information content (AvgIpc) is 2.39. The van der Waals surface area contributed by atoms with Crippen molar-refractivity contribution in [3.05, 3.63) is 23.8 Å². The van der Waals surface area contributed by atoms with Crippen molar-refractivity contribution in [1.29, 1.82) is 0 Å². The van der Waals surface area contributed by atoms with E-state index in [0.29, 0.717) is 5.92 Å². The van der Waals surface area contributed by atoms with Crippen LogP contribution in [-0.2, 0) is 16.2 Å². The number of primary sulfonamides is 1. The molecule has 1 aliphatic rings. The van der Waals surface area contributed by atoms with Crippen LogP contribution < -0.4 is 10.5 Å². The molecule has 1 fully saturated rings. The lowest BCUT2D eigenvalue weighted by Gasteiger charge is -2.28. The van der Waals surface area contributed by atoms with Gasteiger partial charge < -0.3 is 5.32 Å². The lowest BCUT2D eigenvalue weighted by atomic mass is 9.87. The van der Waals surface area contributed by atoms with Crippen LogP contribution in [0.25, 0.3) is 0 Å². The topological polar surface area (TPSA) is 72.2 Å². The first-order valence-electron chi connectivity index (χ1n) is 7.08. The first-order valence-corrected chi connectivity index (χ1v) is 8.62. The number of sulfonamides is 1. The van der Waals surface area contributed by atoms with Gasteiger partial charge in [-0.15, -0.1) is 0 Å². The van der Waals surface area contributed by atoms with Crippen LogP contribution in [0.2, 0.25) is 0 Å². The standard InChI is InChI=1S/C14H19F3N2O2S/c1-9-2-4-10(5-3-9)19-11-6-7-13(22(18,20)21)12(8-11)14(15,16)17/h6-10,19H,2-5H2,1H3,(H2,18,20,21). The molecule has 4 nitrogen and oxygen atoms in total. The minimum Gasteiger partial charge on any atom is -0.382 e. The van der Waals surface area contributed by atoms with E-state index in [2.05, 4.69) is 12.2 Å². The zero-order chi connectivity index (χ0) is 16.5. The van der Waals surface area contributed by atoms with E-state index >= 15 is 0 Å². The quantitative estimate of drug-likeness (QED) is 0.889. The zero-order valence-electron chi connectivity index (χ0n) is 12.2. The Morgan fingerprint density at radius 1 is 1.18 bits per heavy atom. The third-order valence-electron chi connectivity index (χ3n) is 3.98. The summed E-state index contributed by atoms with van der Waals surface area (Å²) in [6, 6.07) is 3.16. The summed E-state index contributed by atoms with van der Waals surface area (Å²) in [6.45, 7) is 2.15. The maximum absolute atomic E-state index is 13.0. The SMILES string of the molecule is CC1CCC(Nc2ccc(S(N)(=O)=O)c(C(F)(F)F)c2)CC1. The van der Waals surface area contributed by atoms with Crippen LogP contribution >= 0.6 is 0 Å². The molecular weight excluding hydrogens is 317 g/mol. The monoisotopic (exact) mass is 336 g/mol. The van der Waals surface area contributed by atoms with E-state index < -0.39 is 26.7 Å². The van der Waals surface area contributed by atoms with Gasteiger partial charge in [0, 0.05) is 11.7 Å². The van der Waals surface area contributed by atoms with Gasteiger partial charge in [-0.3, -0.25) is 0 Å². The lowest BCUT2D eigenvalue weighted by molar-refractivity contribution is -0.139. The Bertz CT molecular complexity index is 636. The molecule has 0 atom stereocenters. The molecule has 0 unspecified atom stereocenters. The van der Waals surface area contributed by atoms with Crippen molar-refractivity contribution in [2.45, 2.75) is 49.7 Å². The van der Waals surface area contributed by atoms with Crippen molar-refractivity contribution >= 4 is 15.7 Å². The summed E-state index contributed by atoms with van der Waals surface area (Å²) >= 11 is 0. The van der Waals surface area contributed by atoms with Crippen molar-refractivity contribution in [3.63, 3.8) is 0 Å². The third-order valence-corrected chi connectivity index (χ3v) is 4.95. The van der Waals surface area contributed by atoms with Gasteiger partial charge in [0.15, 0.2) is 0 Å². The molecule has 22 heavy (non-hydrogen) atoms. The second-order valence-electron chi connectivity index (χ2n) is 5.85. The van der Waals surface area contributed by atoms with E-state index in [9.17, 15) is 21.6 Å². The van der Waals surface area contributed by atoms with Crippen molar-refractivity contribution < 1.29 is 21.6 Å². The highest BCUT2D eigenvalue weighted by Gasteiger charge is 2.36.